The molecule has 0 radical (unpaired) electrons. The van der Waals surface area contributed by atoms with E-state index in [0.29, 0.717) is 5.56 Å². The fourth-order valence-electron chi connectivity index (χ4n) is 1.29. The summed E-state index contributed by atoms with van der Waals surface area (Å²) in [5.74, 6) is -1.26. The Kier molecular flexibility index (Phi) is 5.69. The van der Waals surface area contributed by atoms with Crippen molar-refractivity contribution in [2.24, 2.45) is 5.73 Å². The van der Waals surface area contributed by atoms with Crippen molar-refractivity contribution in [3.63, 3.8) is 0 Å². The summed E-state index contributed by atoms with van der Waals surface area (Å²) in [5.41, 5.74) is 5.66. The molecule has 0 aliphatic carbocycles. The lowest BCUT2D eigenvalue weighted by atomic mass is 10.2. The van der Waals surface area contributed by atoms with Crippen molar-refractivity contribution in [2.45, 2.75) is 17.4 Å². The van der Waals surface area contributed by atoms with Gasteiger partial charge in [0, 0.05) is 12.2 Å². The first-order chi connectivity index (χ1) is 9.20. The van der Waals surface area contributed by atoms with E-state index in [2.05, 4.69) is 0 Å². The largest absolute Gasteiger partial charge is 0.480 e. The first-order valence-corrected chi connectivity index (χ1v) is 7.83. The van der Waals surface area contributed by atoms with Crippen LogP contribution in [0.15, 0.2) is 29.2 Å². The van der Waals surface area contributed by atoms with Gasteiger partial charge in [0.25, 0.3) is 10.1 Å². The lowest BCUT2D eigenvalue weighted by Gasteiger charge is -2.05. The Balaban J connectivity index is 2.65. The van der Waals surface area contributed by atoms with Crippen LogP contribution in [0.3, 0.4) is 0 Å². The standard InChI is InChI=1S/C11H13NO6S2/c12-9(11(14)15)6-19-10(13)5-7-2-1-3-8(4-7)20(16,17)18/h1-4,9H,5-6,12H2,(H,14,15)(H,16,17,18)/t9-/m0/s1. The van der Waals surface area contributed by atoms with Crippen molar-refractivity contribution in [1.29, 1.82) is 0 Å². The van der Waals surface area contributed by atoms with Gasteiger partial charge in [-0.05, 0) is 17.7 Å². The molecular formula is C11H13NO6S2. The summed E-state index contributed by atoms with van der Waals surface area (Å²) in [6.45, 7) is 0. The molecule has 0 aromatic heterocycles. The Hall–Kier alpha value is -1.42. The van der Waals surface area contributed by atoms with Crippen molar-refractivity contribution >= 4 is 33.0 Å². The maximum absolute atomic E-state index is 11.6. The molecule has 110 valence electrons. The number of thioether (sulfide) groups is 1. The molecule has 0 aliphatic rings. The van der Waals surface area contributed by atoms with Crippen LogP contribution in [0.25, 0.3) is 0 Å². The zero-order valence-electron chi connectivity index (χ0n) is 10.2. The second kappa shape index (κ2) is 6.84. The molecule has 0 spiro atoms. The molecule has 0 heterocycles. The lowest BCUT2D eigenvalue weighted by Crippen LogP contribution is -2.33. The van der Waals surface area contributed by atoms with Crippen LogP contribution in [0.1, 0.15) is 5.56 Å². The van der Waals surface area contributed by atoms with Crippen LogP contribution >= 0.6 is 11.8 Å². The minimum absolute atomic E-state index is 0.0633. The molecule has 0 amide bonds. The van der Waals surface area contributed by atoms with Crippen LogP contribution in [-0.2, 0) is 26.1 Å². The van der Waals surface area contributed by atoms with Gasteiger partial charge in [0.2, 0.25) is 0 Å². The van der Waals surface area contributed by atoms with Gasteiger partial charge in [0.1, 0.15) is 6.04 Å². The molecule has 0 saturated heterocycles. The first-order valence-electron chi connectivity index (χ1n) is 5.40. The van der Waals surface area contributed by atoms with Crippen LogP contribution in [0.4, 0.5) is 0 Å². The predicted molar refractivity (Wildman–Crippen MR) is 73.0 cm³/mol. The van der Waals surface area contributed by atoms with Gasteiger partial charge in [0.05, 0.1) is 4.90 Å². The quantitative estimate of drug-likeness (QED) is 0.630. The molecule has 0 bridgehead atoms. The van der Waals surface area contributed by atoms with E-state index in [-0.39, 0.29) is 22.2 Å². The fraction of sp³-hybridized carbons (Fsp3) is 0.273. The van der Waals surface area contributed by atoms with Gasteiger partial charge in [-0.25, -0.2) is 0 Å². The van der Waals surface area contributed by atoms with Crippen LogP contribution in [0.5, 0.6) is 0 Å². The van der Waals surface area contributed by atoms with E-state index in [1.54, 1.807) is 0 Å². The normalized spacial score (nSPS) is 12.9. The molecule has 0 unspecified atom stereocenters. The van der Waals surface area contributed by atoms with E-state index >= 15 is 0 Å². The van der Waals surface area contributed by atoms with Gasteiger partial charge in [-0.15, -0.1) is 0 Å². The monoisotopic (exact) mass is 319 g/mol. The number of aliphatic carboxylic acids is 1. The molecule has 0 aliphatic heterocycles. The summed E-state index contributed by atoms with van der Waals surface area (Å²) in [7, 11) is -4.31. The van der Waals surface area contributed by atoms with E-state index in [1.807, 2.05) is 0 Å². The van der Waals surface area contributed by atoms with Gasteiger partial charge in [-0.1, -0.05) is 23.9 Å². The van der Waals surface area contributed by atoms with E-state index in [9.17, 15) is 18.0 Å². The maximum Gasteiger partial charge on any atom is 0.321 e. The summed E-state index contributed by atoms with van der Waals surface area (Å²) >= 11 is 0.764. The summed E-state index contributed by atoms with van der Waals surface area (Å²) in [6.07, 6.45) is -0.0830. The Morgan fingerprint density at radius 2 is 2.00 bits per heavy atom. The minimum atomic E-state index is -4.31. The molecule has 1 atom stereocenters. The number of carboxylic acids is 1. The topological polar surface area (TPSA) is 135 Å². The minimum Gasteiger partial charge on any atom is -0.480 e. The number of hydrogen-bond acceptors (Lipinski definition) is 6. The van der Waals surface area contributed by atoms with Gasteiger partial charge < -0.3 is 10.8 Å². The Morgan fingerprint density at radius 1 is 1.35 bits per heavy atom. The summed E-state index contributed by atoms with van der Waals surface area (Å²) < 4.78 is 30.8. The summed E-state index contributed by atoms with van der Waals surface area (Å²) in [5, 5.41) is 8.23. The van der Waals surface area contributed by atoms with Gasteiger partial charge in [-0.2, -0.15) is 8.42 Å². The lowest BCUT2D eigenvalue weighted by molar-refractivity contribution is -0.137. The van der Waals surface area contributed by atoms with Crippen LogP contribution in [0, 0.1) is 0 Å². The van der Waals surface area contributed by atoms with E-state index in [0.717, 1.165) is 11.8 Å². The van der Waals surface area contributed by atoms with Crippen LogP contribution < -0.4 is 5.73 Å². The Labute approximate surface area is 119 Å². The van der Waals surface area contributed by atoms with Crippen molar-refractivity contribution < 1.29 is 27.7 Å². The van der Waals surface area contributed by atoms with E-state index in [4.69, 9.17) is 15.4 Å². The number of carbonyl (C=O) groups excluding carboxylic acids is 1. The van der Waals surface area contributed by atoms with Gasteiger partial charge in [0.15, 0.2) is 5.12 Å². The van der Waals surface area contributed by atoms with E-state index in [1.165, 1.54) is 24.3 Å². The second-order valence-corrected chi connectivity index (χ2v) is 6.43. The van der Waals surface area contributed by atoms with Crippen molar-refractivity contribution in [3.8, 4) is 0 Å². The summed E-state index contributed by atoms with van der Waals surface area (Å²) in [4.78, 5) is 21.8. The number of hydrogen-bond donors (Lipinski definition) is 3. The Bertz CT molecular complexity index is 613. The predicted octanol–water partition coefficient (Wildman–Crippen LogP) is 0.148. The van der Waals surface area contributed by atoms with Crippen LogP contribution in [-0.4, -0.2) is 41.0 Å². The molecule has 7 nitrogen and oxygen atoms in total. The molecular weight excluding hydrogens is 306 g/mol. The number of rotatable bonds is 6. The zero-order chi connectivity index (χ0) is 15.3. The molecule has 0 fully saturated rings. The molecule has 0 saturated carbocycles. The number of carbonyl (C=O) groups is 2. The highest BCUT2D eigenvalue weighted by molar-refractivity contribution is 8.13. The van der Waals surface area contributed by atoms with E-state index < -0.39 is 22.1 Å². The summed E-state index contributed by atoms with van der Waals surface area (Å²) in [6, 6.07) is 4.19. The average Bonchev–Trinajstić information content (AvgIpc) is 2.35. The SMILES string of the molecule is N[C@@H](CSC(=O)Cc1cccc(S(=O)(=O)O)c1)C(=O)O. The molecule has 4 N–H and O–H groups in total. The van der Waals surface area contributed by atoms with Crippen molar-refractivity contribution in [1.82, 2.24) is 0 Å². The molecule has 9 heteroatoms. The van der Waals surface area contributed by atoms with Crippen LogP contribution in [0.2, 0.25) is 0 Å². The number of nitrogens with two attached hydrogens (primary N) is 1. The molecule has 1 aromatic carbocycles. The molecule has 1 aromatic rings. The maximum atomic E-state index is 11.6. The highest BCUT2D eigenvalue weighted by Crippen LogP contribution is 2.14. The third-order valence-electron chi connectivity index (χ3n) is 2.29. The average molecular weight is 319 g/mol. The number of carboxylic acid groups (broad SMARTS) is 1. The second-order valence-electron chi connectivity index (χ2n) is 3.93. The molecule has 1 rings (SSSR count). The highest BCUT2D eigenvalue weighted by Gasteiger charge is 2.15. The number of benzene rings is 1. The van der Waals surface area contributed by atoms with Crippen molar-refractivity contribution in [3.05, 3.63) is 29.8 Å². The van der Waals surface area contributed by atoms with Gasteiger partial charge >= 0.3 is 5.97 Å². The third kappa shape index (κ3) is 5.29. The van der Waals surface area contributed by atoms with Crippen molar-refractivity contribution in [2.75, 3.05) is 5.75 Å². The fourth-order valence-corrected chi connectivity index (χ4v) is 2.62. The third-order valence-corrected chi connectivity index (χ3v) is 4.13. The smallest absolute Gasteiger partial charge is 0.321 e. The Morgan fingerprint density at radius 3 is 2.55 bits per heavy atom. The highest BCUT2D eigenvalue weighted by atomic mass is 32.2. The first kappa shape index (κ1) is 16.6. The zero-order valence-corrected chi connectivity index (χ0v) is 11.9. The van der Waals surface area contributed by atoms with Gasteiger partial charge in [-0.3, -0.25) is 14.1 Å². The molecule has 20 heavy (non-hydrogen) atoms.